The van der Waals surface area contributed by atoms with E-state index in [-0.39, 0.29) is 5.91 Å². The Morgan fingerprint density at radius 2 is 1.72 bits per heavy atom. The van der Waals surface area contributed by atoms with Gasteiger partial charge in [-0.25, -0.2) is 0 Å². The van der Waals surface area contributed by atoms with Gasteiger partial charge in [0, 0.05) is 32.1 Å². The highest BCUT2D eigenvalue weighted by molar-refractivity contribution is 5.74. The van der Waals surface area contributed by atoms with Crippen LogP contribution in [0.3, 0.4) is 0 Å². The van der Waals surface area contributed by atoms with E-state index in [1.807, 2.05) is 0 Å². The number of amides is 1. The Hall–Kier alpha value is -0.610. The van der Waals surface area contributed by atoms with Gasteiger partial charge in [-0.1, -0.05) is 27.2 Å². The first-order valence-electron chi connectivity index (χ1n) is 10.4. The molecule has 4 nitrogen and oxygen atoms in total. The summed E-state index contributed by atoms with van der Waals surface area (Å²) in [4.78, 5) is 16.6. The molecule has 0 spiro atoms. The summed E-state index contributed by atoms with van der Waals surface area (Å²) in [5.41, 5.74) is -0.178. The molecular formula is C21H38N2O2. The minimum atomic E-state index is -0.527. The van der Waals surface area contributed by atoms with Gasteiger partial charge in [-0.3, -0.25) is 9.69 Å². The molecular weight excluding hydrogens is 312 g/mol. The van der Waals surface area contributed by atoms with Crippen molar-refractivity contribution in [1.82, 2.24) is 9.80 Å². The van der Waals surface area contributed by atoms with Crippen LogP contribution in [0.1, 0.15) is 79.1 Å². The fourth-order valence-electron chi connectivity index (χ4n) is 5.59. The third kappa shape index (κ3) is 4.21. The summed E-state index contributed by atoms with van der Waals surface area (Å²) in [5, 5.41) is 11.3. The average Bonchev–Trinajstić information content (AvgIpc) is 2.85. The van der Waals surface area contributed by atoms with Crippen molar-refractivity contribution in [3.8, 4) is 0 Å². The van der Waals surface area contributed by atoms with E-state index in [2.05, 4.69) is 30.6 Å². The third-order valence-corrected chi connectivity index (χ3v) is 7.22. The van der Waals surface area contributed by atoms with E-state index >= 15 is 0 Å². The first-order chi connectivity index (χ1) is 11.7. The van der Waals surface area contributed by atoms with E-state index in [0.29, 0.717) is 17.5 Å². The molecule has 1 saturated carbocycles. The lowest BCUT2D eigenvalue weighted by molar-refractivity contribution is -0.130. The van der Waals surface area contributed by atoms with Gasteiger partial charge in [0.05, 0.1) is 5.60 Å². The Kier molecular flexibility index (Phi) is 5.51. The number of hydrogen-bond acceptors (Lipinski definition) is 3. The number of nitrogens with zero attached hydrogens (tertiary/aromatic N) is 2. The maximum absolute atomic E-state index is 12.0. The number of β-amino-alcohol motifs (C(OH)–C–C–N with tert-alkyl or cyclic N) is 1. The summed E-state index contributed by atoms with van der Waals surface area (Å²) >= 11 is 0. The van der Waals surface area contributed by atoms with Gasteiger partial charge >= 0.3 is 0 Å². The normalized spacial score (nSPS) is 37.6. The van der Waals surface area contributed by atoms with Crippen molar-refractivity contribution in [3.63, 3.8) is 0 Å². The monoisotopic (exact) mass is 350 g/mol. The number of rotatable bonds is 2. The van der Waals surface area contributed by atoms with Crippen LogP contribution in [0.2, 0.25) is 0 Å². The lowest BCUT2D eigenvalue weighted by Gasteiger charge is -2.44. The fraction of sp³-hybridized carbons (Fsp3) is 0.952. The summed E-state index contributed by atoms with van der Waals surface area (Å²) in [6.07, 6.45) is 8.74. The Bertz CT molecular complexity index is 477. The standard InChI is InChI=1S/C21H38N2O2/c1-16(24)23-14-10-18-19(23)7-5-6-13-22(18)15-21(25)11-8-17(9-12-21)20(2,3)4/h17-19,25H,5-15H2,1-4H3/t17?,18-,19-,21?/m1/s1. The molecule has 3 fully saturated rings. The van der Waals surface area contributed by atoms with Crippen LogP contribution in [0.25, 0.3) is 0 Å². The van der Waals surface area contributed by atoms with Gasteiger partial charge in [-0.2, -0.15) is 0 Å². The Labute approximate surface area is 153 Å². The van der Waals surface area contributed by atoms with Gasteiger partial charge in [-0.05, 0) is 62.8 Å². The van der Waals surface area contributed by atoms with Gasteiger partial charge in [0.1, 0.15) is 0 Å². The quantitative estimate of drug-likeness (QED) is 0.830. The topological polar surface area (TPSA) is 43.8 Å². The molecule has 0 aromatic carbocycles. The van der Waals surface area contributed by atoms with Crippen molar-refractivity contribution in [2.45, 2.75) is 96.7 Å². The smallest absolute Gasteiger partial charge is 0.219 e. The van der Waals surface area contributed by atoms with Crippen molar-refractivity contribution in [3.05, 3.63) is 0 Å². The van der Waals surface area contributed by atoms with E-state index in [0.717, 1.165) is 64.1 Å². The minimum absolute atomic E-state index is 0.221. The molecule has 2 heterocycles. The highest BCUT2D eigenvalue weighted by Gasteiger charge is 2.44. The minimum Gasteiger partial charge on any atom is -0.389 e. The molecule has 0 aromatic heterocycles. The second-order valence-corrected chi connectivity index (χ2v) is 9.97. The highest BCUT2D eigenvalue weighted by Crippen LogP contribution is 2.42. The Balaban J connectivity index is 1.64. The van der Waals surface area contributed by atoms with Gasteiger partial charge < -0.3 is 10.0 Å². The lowest BCUT2D eigenvalue weighted by Crippen LogP contribution is -2.52. The fourth-order valence-corrected chi connectivity index (χ4v) is 5.59. The summed E-state index contributed by atoms with van der Waals surface area (Å²) < 4.78 is 0. The van der Waals surface area contributed by atoms with Gasteiger partial charge in [0.25, 0.3) is 0 Å². The number of carbonyl (C=O) groups is 1. The number of aliphatic hydroxyl groups is 1. The van der Waals surface area contributed by atoms with Crippen LogP contribution in [0.4, 0.5) is 0 Å². The number of fused-ring (bicyclic) bond motifs is 1. The van der Waals surface area contributed by atoms with Crippen LogP contribution in [-0.2, 0) is 4.79 Å². The van der Waals surface area contributed by atoms with Gasteiger partial charge in [-0.15, -0.1) is 0 Å². The van der Waals surface area contributed by atoms with Crippen LogP contribution in [0, 0.1) is 11.3 Å². The molecule has 0 radical (unpaired) electrons. The summed E-state index contributed by atoms with van der Waals surface area (Å²) in [7, 11) is 0. The molecule has 3 aliphatic rings. The molecule has 0 unspecified atom stereocenters. The number of carbonyl (C=O) groups excluding carboxylic acids is 1. The van der Waals surface area contributed by atoms with E-state index in [9.17, 15) is 9.90 Å². The van der Waals surface area contributed by atoms with Gasteiger partial charge in [0.15, 0.2) is 0 Å². The molecule has 1 aliphatic carbocycles. The molecule has 2 aliphatic heterocycles. The van der Waals surface area contributed by atoms with Crippen molar-refractivity contribution in [1.29, 1.82) is 0 Å². The van der Waals surface area contributed by atoms with Crippen molar-refractivity contribution < 1.29 is 9.90 Å². The maximum Gasteiger partial charge on any atom is 0.219 e. The predicted molar refractivity (Wildman–Crippen MR) is 101 cm³/mol. The lowest BCUT2D eigenvalue weighted by atomic mass is 9.68. The molecule has 4 heteroatoms. The summed E-state index contributed by atoms with van der Waals surface area (Å²) in [5.74, 6) is 0.947. The van der Waals surface area contributed by atoms with Crippen LogP contribution in [-0.4, -0.2) is 58.1 Å². The largest absolute Gasteiger partial charge is 0.389 e. The van der Waals surface area contributed by atoms with Crippen LogP contribution in [0.5, 0.6) is 0 Å². The van der Waals surface area contributed by atoms with Gasteiger partial charge in [0.2, 0.25) is 5.91 Å². The highest BCUT2D eigenvalue weighted by atomic mass is 16.3. The van der Waals surface area contributed by atoms with Crippen molar-refractivity contribution >= 4 is 5.91 Å². The summed E-state index contributed by atoms with van der Waals surface area (Å²) in [6, 6.07) is 0.824. The molecule has 25 heavy (non-hydrogen) atoms. The zero-order chi connectivity index (χ0) is 18.2. The van der Waals surface area contributed by atoms with E-state index in [4.69, 9.17) is 0 Å². The van der Waals surface area contributed by atoms with Crippen molar-refractivity contribution in [2.24, 2.45) is 11.3 Å². The second-order valence-electron chi connectivity index (χ2n) is 9.97. The molecule has 2 saturated heterocycles. The Morgan fingerprint density at radius 1 is 1.04 bits per heavy atom. The van der Waals surface area contributed by atoms with Crippen LogP contribution < -0.4 is 0 Å². The predicted octanol–water partition coefficient (Wildman–Crippen LogP) is 3.43. The van der Waals surface area contributed by atoms with E-state index in [1.165, 1.54) is 12.8 Å². The summed E-state index contributed by atoms with van der Waals surface area (Å²) in [6.45, 7) is 11.5. The zero-order valence-corrected chi connectivity index (χ0v) is 16.8. The van der Waals surface area contributed by atoms with E-state index < -0.39 is 5.60 Å². The molecule has 0 aromatic rings. The molecule has 2 atom stereocenters. The molecule has 0 bridgehead atoms. The van der Waals surface area contributed by atoms with Crippen LogP contribution >= 0.6 is 0 Å². The molecule has 144 valence electrons. The average molecular weight is 351 g/mol. The first-order valence-corrected chi connectivity index (χ1v) is 10.4. The van der Waals surface area contributed by atoms with E-state index in [1.54, 1.807) is 6.92 Å². The number of hydrogen-bond donors (Lipinski definition) is 1. The van der Waals surface area contributed by atoms with Crippen LogP contribution in [0.15, 0.2) is 0 Å². The Morgan fingerprint density at radius 3 is 2.32 bits per heavy atom. The maximum atomic E-state index is 12.0. The van der Waals surface area contributed by atoms with Crippen molar-refractivity contribution in [2.75, 3.05) is 19.6 Å². The third-order valence-electron chi connectivity index (χ3n) is 7.22. The SMILES string of the molecule is CC(=O)N1CC[C@@H]2[C@H]1CCCCN2CC1(O)CCC(C(C)(C)C)CC1. The molecule has 1 amide bonds. The molecule has 3 rings (SSSR count). The zero-order valence-electron chi connectivity index (χ0n) is 16.8. The first kappa shape index (κ1) is 19.2. The molecule has 1 N–H and O–H groups in total. The number of likely N-dealkylation sites (tertiary alicyclic amines) is 2. The second kappa shape index (κ2) is 7.19.